The lowest BCUT2D eigenvalue weighted by Crippen LogP contribution is -2.32. The number of benzene rings is 1. The van der Waals surface area contributed by atoms with Gasteiger partial charge in [-0.25, -0.2) is 0 Å². The highest BCUT2D eigenvalue weighted by molar-refractivity contribution is 7.99. The average Bonchev–Trinajstić information content (AvgIpc) is 2.52. The van der Waals surface area contributed by atoms with E-state index in [0.29, 0.717) is 11.8 Å². The van der Waals surface area contributed by atoms with Crippen LogP contribution < -0.4 is 19.5 Å². The van der Waals surface area contributed by atoms with E-state index >= 15 is 0 Å². The first-order valence-electron chi connectivity index (χ1n) is 6.88. The smallest absolute Gasteiger partial charge is 0.164 e. The lowest BCUT2D eigenvalue weighted by molar-refractivity contribution is 0.346. The van der Waals surface area contributed by atoms with Crippen LogP contribution in [0.1, 0.15) is 18.4 Å². The van der Waals surface area contributed by atoms with E-state index in [2.05, 4.69) is 5.32 Å². The van der Waals surface area contributed by atoms with Gasteiger partial charge in [0.15, 0.2) is 11.5 Å². The highest BCUT2D eigenvalue weighted by atomic mass is 32.2. The van der Waals surface area contributed by atoms with Crippen LogP contribution >= 0.6 is 11.8 Å². The van der Waals surface area contributed by atoms with Crippen molar-refractivity contribution < 1.29 is 14.2 Å². The van der Waals surface area contributed by atoms with E-state index in [4.69, 9.17) is 14.2 Å². The van der Waals surface area contributed by atoms with Gasteiger partial charge in [-0.1, -0.05) is 0 Å². The van der Waals surface area contributed by atoms with Crippen LogP contribution in [0.2, 0.25) is 0 Å². The Balaban J connectivity index is 2.08. The Labute approximate surface area is 125 Å². The first-order valence-corrected chi connectivity index (χ1v) is 8.04. The summed E-state index contributed by atoms with van der Waals surface area (Å²) >= 11 is 2.04. The molecule has 0 spiro atoms. The SMILES string of the molecule is COc1cc(OC)c(OC)cc1CNC1CCSCC1. The highest BCUT2D eigenvalue weighted by Gasteiger charge is 2.16. The van der Waals surface area contributed by atoms with E-state index in [9.17, 15) is 0 Å². The van der Waals surface area contributed by atoms with Gasteiger partial charge >= 0.3 is 0 Å². The van der Waals surface area contributed by atoms with Gasteiger partial charge in [0, 0.05) is 24.2 Å². The summed E-state index contributed by atoms with van der Waals surface area (Å²) in [6.07, 6.45) is 2.47. The van der Waals surface area contributed by atoms with Gasteiger partial charge in [0.1, 0.15) is 5.75 Å². The van der Waals surface area contributed by atoms with E-state index in [0.717, 1.165) is 23.6 Å². The molecule has 0 radical (unpaired) electrons. The standard InChI is InChI=1S/C15H23NO3S/c1-17-13-9-15(19-3)14(18-2)8-11(13)10-16-12-4-6-20-7-5-12/h8-9,12,16H,4-7,10H2,1-3H3. The molecule has 1 aliphatic rings. The zero-order valence-corrected chi connectivity index (χ0v) is 13.2. The predicted molar refractivity (Wildman–Crippen MR) is 83.3 cm³/mol. The summed E-state index contributed by atoms with van der Waals surface area (Å²) in [6, 6.07) is 4.48. The molecule has 4 nitrogen and oxygen atoms in total. The number of methoxy groups -OCH3 is 3. The van der Waals surface area contributed by atoms with E-state index in [-0.39, 0.29) is 0 Å². The number of hydrogen-bond acceptors (Lipinski definition) is 5. The van der Waals surface area contributed by atoms with E-state index < -0.39 is 0 Å². The van der Waals surface area contributed by atoms with Crippen molar-refractivity contribution in [2.45, 2.75) is 25.4 Å². The molecule has 0 amide bonds. The summed E-state index contributed by atoms with van der Waals surface area (Å²) in [4.78, 5) is 0. The molecule has 1 aliphatic heterocycles. The molecule has 0 aliphatic carbocycles. The van der Waals surface area contributed by atoms with Crippen LogP contribution in [0.25, 0.3) is 0 Å². The van der Waals surface area contributed by atoms with Crippen molar-refractivity contribution >= 4 is 11.8 Å². The Morgan fingerprint density at radius 2 is 1.60 bits per heavy atom. The molecule has 1 saturated heterocycles. The zero-order valence-electron chi connectivity index (χ0n) is 12.4. The van der Waals surface area contributed by atoms with Crippen LogP contribution in [-0.4, -0.2) is 38.9 Å². The van der Waals surface area contributed by atoms with Crippen molar-refractivity contribution in [3.63, 3.8) is 0 Å². The van der Waals surface area contributed by atoms with Crippen molar-refractivity contribution in [2.75, 3.05) is 32.8 Å². The third-order valence-corrected chi connectivity index (χ3v) is 4.64. The molecular formula is C15H23NO3S. The van der Waals surface area contributed by atoms with Gasteiger partial charge in [-0.3, -0.25) is 0 Å². The summed E-state index contributed by atoms with van der Waals surface area (Å²) in [5, 5.41) is 3.61. The van der Waals surface area contributed by atoms with Gasteiger partial charge in [-0.05, 0) is 30.4 Å². The molecule has 20 heavy (non-hydrogen) atoms. The maximum absolute atomic E-state index is 5.45. The Morgan fingerprint density at radius 1 is 1.00 bits per heavy atom. The third-order valence-electron chi connectivity index (χ3n) is 3.59. The molecule has 2 rings (SSSR count). The number of ether oxygens (including phenoxy) is 3. The maximum atomic E-state index is 5.45. The normalized spacial score (nSPS) is 15.9. The summed E-state index contributed by atoms with van der Waals surface area (Å²) < 4.78 is 16.1. The first-order chi connectivity index (χ1) is 9.78. The van der Waals surface area contributed by atoms with Crippen LogP contribution in [0.3, 0.4) is 0 Å². The van der Waals surface area contributed by atoms with Gasteiger partial charge in [-0.2, -0.15) is 11.8 Å². The van der Waals surface area contributed by atoms with E-state index in [1.165, 1.54) is 24.3 Å². The molecular weight excluding hydrogens is 274 g/mol. The third kappa shape index (κ3) is 3.73. The van der Waals surface area contributed by atoms with Gasteiger partial charge < -0.3 is 19.5 Å². The van der Waals surface area contributed by atoms with Crippen molar-refractivity contribution in [1.29, 1.82) is 0 Å². The maximum Gasteiger partial charge on any atom is 0.164 e. The molecule has 1 heterocycles. The molecule has 0 saturated carbocycles. The quantitative estimate of drug-likeness (QED) is 0.874. The number of rotatable bonds is 6. The molecule has 0 aromatic heterocycles. The molecule has 0 unspecified atom stereocenters. The van der Waals surface area contributed by atoms with Gasteiger partial charge in [0.05, 0.1) is 21.3 Å². The van der Waals surface area contributed by atoms with Crippen molar-refractivity contribution in [3.8, 4) is 17.2 Å². The molecule has 0 bridgehead atoms. The molecule has 5 heteroatoms. The fourth-order valence-electron chi connectivity index (χ4n) is 2.39. The lowest BCUT2D eigenvalue weighted by atomic mass is 10.1. The van der Waals surface area contributed by atoms with Gasteiger partial charge in [0.25, 0.3) is 0 Å². The molecule has 1 aromatic rings. The Kier molecular flexibility index (Phi) is 5.86. The second-order valence-electron chi connectivity index (χ2n) is 4.79. The summed E-state index contributed by atoms with van der Waals surface area (Å²) in [5.41, 5.74) is 1.10. The van der Waals surface area contributed by atoms with Gasteiger partial charge in [0.2, 0.25) is 0 Å². The minimum Gasteiger partial charge on any atom is -0.496 e. The van der Waals surface area contributed by atoms with Crippen LogP contribution in [0.15, 0.2) is 12.1 Å². The van der Waals surface area contributed by atoms with E-state index in [1.54, 1.807) is 21.3 Å². The van der Waals surface area contributed by atoms with Crippen LogP contribution in [-0.2, 0) is 6.54 Å². The van der Waals surface area contributed by atoms with E-state index in [1.807, 2.05) is 23.9 Å². The Bertz CT molecular complexity index is 433. The average molecular weight is 297 g/mol. The first kappa shape index (κ1) is 15.3. The topological polar surface area (TPSA) is 39.7 Å². The Hall–Kier alpha value is -1.07. The predicted octanol–water partition coefficient (Wildman–Crippen LogP) is 2.70. The van der Waals surface area contributed by atoms with Crippen LogP contribution in [0.5, 0.6) is 17.2 Å². The van der Waals surface area contributed by atoms with Crippen molar-refractivity contribution in [1.82, 2.24) is 5.32 Å². The number of hydrogen-bond donors (Lipinski definition) is 1. The molecule has 112 valence electrons. The lowest BCUT2D eigenvalue weighted by Gasteiger charge is -2.23. The summed E-state index contributed by atoms with van der Waals surface area (Å²) in [6.45, 7) is 0.791. The molecule has 1 aromatic carbocycles. The largest absolute Gasteiger partial charge is 0.496 e. The number of thioether (sulfide) groups is 1. The minimum atomic E-state index is 0.606. The zero-order chi connectivity index (χ0) is 14.4. The van der Waals surface area contributed by atoms with Crippen LogP contribution in [0, 0.1) is 0 Å². The fraction of sp³-hybridized carbons (Fsp3) is 0.600. The van der Waals surface area contributed by atoms with Crippen LogP contribution in [0.4, 0.5) is 0 Å². The minimum absolute atomic E-state index is 0.606. The Morgan fingerprint density at radius 3 is 2.20 bits per heavy atom. The van der Waals surface area contributed by atoms with Crippen molar-refractivity contribution in [2.24, 2.45) is 0 Å². The van der Waals surface area contributed by atoms with Crippen molar-refractivity contribution in [3.05, 3.63) is 17.7 Å². The monoisotopic (exact) mass is 297 g/mol. The molecule has 1 fully saturated rings. The molecule has 1 N–H and O–H groups in total. The highest BCUT2D eigenvalue weighted by Crippen LogP contribution is 2.34. The summed E-state index contributed by atoms with van der Waals surface area (Å²) in [7, 11) is 4.97. The fourth-order valence-corrected chi connectivity index (χ4v) is 3.49. The number of nitrogens with one attached hydrogen (secondary N) is 1. The van der Waals surface area contributed by atoms with Gasteiger partial charge in [-0.15, -0.1) is 0 Å². The second-order valence-corrected chi connectivity index (χ2v) is 6.01. The molecule has 0 atom stereocenters. The summed E-state index contributed by atoms with van der Waals surface area (Å²) in [5.74, 6) is 4.77. The second kappa shape index (κ2) is 7.64.